The van der Waals surface area contributed by atoms with Gasteiger partial charge in [-0.25, -0.2) is 4.79 Å². The van der Waals surface area contributed by atoms with Gasteiger partial charge in [-0.2, -0.15) is 0 Å². The van der Waals surface area contributed by atoms with Gasteiger partial charge in [-0.3, -0.25) is 4.79 Å². The average molecular weight is 258 g/mol. The van der Waals surface area contributed by atoms with Crippen molar-refractivity contribution >= 4 is 11.9 Å². The SMILES string of the molecule is C=CC(=O)OC(OC(=O)C(C)(C)CO)C(C)(C)C. The molecule has 0 aromatic carbocycles. The van der Waals surface area contributed by atoms with Crippen LogP contribution < -0.4 is 0 Å². The standard InChI is InChI=1S/C13H22O5/c1-7-9(15)17-11(12(2,3)4)18-10(16)13(5,6)8-14/h7,11,14H,1,8H2,2-6H3. The monoisotopic (exact) mass is 258 g/mol. The van der Waals surface area contributed by atoms with E-state index in [9.17, 15) is 9.59 Å². The lowest BCUT2D eigenvalue weighted by Gasteiger charge is -2.31. The Morgan fingerprint density at radius 3 is 2.06 bits per heavy atom. The Kier molecular flexibility index (Phi) is 5.55. The number of rotatable bonds is 5. The quantitative estimate of drug-likeness (QED) is 0.461. The topological polar surface area (TPSA) is 72.8 Å². The van der Waals surface area contributed by atoms with E-state index in [1.165, 1.54) is 0 Å². The van der Waals surface area contributed by atoms with E-state index in [-0.39, 0.29) is 6.61 Å². The van der Waals surface area contributed by atoms with Crippen molar-refractivity contribution in [3.8, 4) is 0 Å². The third-order valence-corrected chi connectivity index (χ3v) is 2.26. The molecular weight excluding hydrogens is 236 g/mol. The van der Waals surface area contributed by atoms with Gasteiger partial charge in [0.05, 0.1) is 12.0 Å². The zero-order chi connectivity index (χ0) is 14.6. The Labute approximate surface area is 108 Å². The van der Waals surface area contributed by atoms with Crippen LogP contribution in [0, 0.1) is 10.8 Å². The molecule has 0 aliphatic heterocycles. The van der Waals surface area contributed by atoms with Crippen molar-refractivity contribution in [1.29, 1.82) is 0 Å². The summed E-state index contributed by atoms with van der Waals surface area (Å²) in [5.41, 5.74) is -1.61. The lowest BCUT2D eigenvalue weighted by Crippen LogP contribution is -2.40. The molecule has 1 N–H and O–H groups in total. The van der Waals surface area contributed by atoms with Crippen molar-refractivity contribution in [2.24, 2.45) is 10.8 Å². The second-order valence-electron chi connectivity index (χ2n) is 5.79. The van der Waals surface area contributed by atoms with Crippen molar-refractivity contribution in [3.05, 3.63) is 12.7 Å². The van der Waals surface area contributed by atoms with Gasteiger partial charge in [0.1, 0.15) is 0 Å². The Morgan fingerprint density at radius 2 is 1.72 bits per heavy atom. The third kappa shape index (κ3) is 4.87. The maximum atomic E-state index is 11.8. The first-order chi connectivity index (χ1) is 8.04. The molecule has 0 heterocycles. The normalized spacial score (nSPS) is 13.7. The number of hydrogen-bond donors (Lipinski definition) is 1. The summed E-state index contributed by atoms with van der Waals surface area (Å²) in [5.74, 6) is -1.29. The van der Waals surface area contributed by atoms with Gasteiger partial charge in [-0.15, -0.1) is 0 Å². The number of aliphatic hydroxyl groups excluding tert-OH is 1. The number of hydrogen-bond acceptors (Lipinski definition) is 5. The van der Waals surface area contributed by atoms with Crippen LogP contribution in [0.5, 0.6) is 0 Å². The molecule has 0 aliphatic rings. The maximum Gasteiger partial charge on any atom is 0.333 e. The number of ether oxygens (including phenoxy) is 2. The van der Waals surface area contributed by atoms with E-state index in [0.717, 1.165) is 6.08 Å². The predicted molar refractivity (Wildman–Crippen MR) is 66.5 cm³/mol. The fourth-order valence-corrected chi connectivity index (χ4v) is 0.853. The van der Waals surface area contributed by atoms with Crippen LogP contribution in [0.3, 0.4) is 0 Å². The van der Waals surface area contributed by atoms with Gasteiger partial charge in [-0.05, 0) is 13.8 Å². The molecule has 0 fully saturated rings. The van der Waals surface area contributed by atoms with E-state index in [1.807, 2.05) is 0 Å². The van der Waals surface area contributed by atoms with Crippen molar-refractivity contribution in [1.82, 2.24) is 0 Å². The van der Waals surface area contributed by atoms with Gasteiger partial charge in [0.15, 0.2) is 0 Å². The van der Waals surface area contributed by atoms with Gasteiger partial charge >= 0.3 is 11.9 Å². The van der Waals surface area contributed by atoms with E-state index < -0.39 is 29.1 Å². The molecule has 0 rings (SSSR count). The molecular formula is C13H22O5. The van der Waals surface area contributed by atoms with Crippen LogP contribution in [0.2, 0.25) is 0 Å². The second kappa shape index (κ2) is 6.00. The molecule has 0 saturated heterocycles. The predicted octanol–water partition coefficient (Wildman–Crippen LogP) is 1.65. The first-order valence-electron chi connectivity index (χ1n) is 5.69. The van der Waals surface area contributed by atoms with Crippen LogP contribution >= 0.6 is 0 Å². The average Bonchev–Trinajstić information content (AvgIpc) is 2.26. The molecule has 0 bridgehead atoms. The zero-order valence-electron chi connectivity index (χ0n) is 11.6. The Morgan fingerprint density at radius 1 is 1.22 bits per heavy atom. The highest BCUT2D eigenvalue weighted by Gasteiger charge is 2.37. The van der Waals surface area contributed by atoms with Crippen molar-refractivity contribution in [2.75, 3.05) is 6.61 Å². The van der Waals surface area contributed by atoms with Gasteiger partial charge in [0, 0.05) is 11.5 Å². The summed E-state index contributed by atoms with van der Waals surface area (Å²) >= 11 is 0. The van der Waals surface area contributed by atoms with Gasteiger partial charge < -0.3 is 14.6 Å². The van der Waals surface area contributed by atoms with Crippen molar-refractivity contribution < 1.29 is 24.2 Å². The molecule has 0 amide bonds. The molecule has 5 heteroatoms. The summed E-state index contributed by atoms with van der Waals surface area (Å²) < 4.78 is 10.1. The summed E-state index contributed by atoms with van der Waals surface area (Å²) in [6, 6.07) is 0. The van der Waals surface area contributed by atoms with E-state index in [1.54, 1.807) is 34.6 Å². The molecule has 0 aliphatic carbocycles. The van der Waals surface area contributed by atoms with Crippen LogP contribution in [0.1, 0.15) is 34.6 Å². The van der Waals surface area contributed by atoms with E-state index in [4.69, 9.17) is 14.6 Å². The molecule has 0 aromatic heterocycles. The van der Waals surface area contributed by atoms with Crippen LogP contribution in [0.15, 0.2) is 12.7 Å². The maximum absolute atomic E-state index is 11.8. The zero-order valence-corrected chi connectivity index (χ0v) is 11.6. The van der Waals surface area contributed by atoms with E-state index in [2.05, 4.69) is 6.58 Å². The van der Waals surface area contributed by atoms with Crippen LogP contribution in [0.25, 0.3) is 0 Å². The fraction of sp³-hybridized carbons (Fsp3) is 0.692. The van der Waals surface area contributed by atoms with Crippen molar-refractivity contribution in [2.45, 2.75) is 40.9 Å². The third-order valence-electron chi connectivity index (χ3n) is 2.26. The number of esters is 2. The molecule has 0 aromatic rings. The molecule has 1 unspecified atom stereocenters. The molecule has 0 saturated carbocycles. The Balaban J connectivity index is 4.87. The van der Waals surface area contributed by atoms with E-state index >= 15 is 0 Å². The molecule has 1 atom stereocenters. The summed E-state index contributed by atoms with van der Waals surface area (Å²) in [6.07, 6.45) is -0.0228. The largest absolute Gasteiger partial charge is 0.424 e. The van der Waals surface area contributed by atoms with Crippen LogP contribution in [0.4, 0.5) is 0 Å². The second-order valence-corrected chi connectivity index (χ2v) is 5.79. The van der Waals surface area contributed by atoms with E-state index in [0.29, 0.717) is 0 Å². The van der Waals surface area contributed by atoms with Crippen LogP contribution in [-0.4, -0.2) is 29.9 Å². The minimum Gasteiger partial charge on any atom is -0.424 e. The summed E-state index contributed by atoms with van der Waals surface area (Å²) in [5, 5.41) is 9.08. The molecule has 0 radical (unpaired) electrons. The number of aliphatic hydroxyl groups is 1. The number of carbonyl (C=O) groups excluding carboxylic acids is 2. The highest BCUT2D eigenvalue weighted by molar-refractivity contribution is 5.81. The highest BCUT2D eigenvalue weighted by Crippen LogP contribution is 2.27. The summed E-state index contributed by atoms with van der Waals surface area (Å²) in [4.78, 5) is 23.0. The minimum absolute atomic E-state index is 0.349. The molecule has 5 nitrogen and oxygen atoms in total. The highest BCUT2D eigenvalue weighted by atomic mass is 16.7. The lowest BCUT2D eigenvalue weighted by molar-refractivity contribution is -0.211. The first kappa shape index (κ1) is 16.6. The smallest absolute Gasteiger partial charge is 0.333 e. The lowest BCUT2D eigenvalue weighted by atomic mass is 9.93. The van der Waals surface area contributed by atoms with Gasteiger partial charge in [0.25, 0.3) is 6.29 Å². The van der Waals surface area contributed by atoms with Gasteiger partial charge in [-0.1, -0.05) is 27.4 Å². The molecule has 0 spiro atoms. The summed E-state index contributed by atoms with van der Waals surface area (Å²) in [6.45, 7) is 11.3. The first-order valence-corrected chi connectivity index (χ1v) is 5.69. The minimum atomic E-state index is -1.04. The van der Waals surface area contributed by atoms with Crippen LogP contribution in [-0.2, 0) is 19.1 Å². The number of carbonyl (C=O) groups is 2. The molecule has 104 valence electrons. The Hall–Kier alpha value is -1.36. The van der Waals surface area contributed by atoms with Gasteiger partial charge in [0.2, 0.25) is 0 Å². The fourth-order valence-electron chi connectivity index (χ4n) is 0.853. The molecule has 18 heavy (non-hydrogen) atoms. The van der Waals surface area contributed by atoms with Crippen molar-refractivity contribution in [3.63, 3.8) is 0 Å². The summed E-state index contributed by atoms with van der Waals surface area (Å²) in [7, 11) is 0. The Bertz CT molecular complexity index is 325.